The van der Waals surface area contributed by atoms with E-state index in [2.05, 4.69) is 9.88 Å². The molecule has 154 valence electrons. The predicted octanol–water partition coefficient (Wildman–Crippen LogP) is 5.32. The Hall–Kier alpha value is -2.46. The van der Waals surface area contributed by atoms with Crippen LogP contribution in [0.3, 0.4) is 0 Å². The molecule has 0 N–H and O–H groups in total. The second kappa shape index (κ2) is 8.35. The molecule has 0 atom stereocenters. The zero-order valence-electron chi connectivity index (χ0n) is 15.8. The maximum Gasteiger partial charge on any atom is 0.232 e. The molecule has 0 amide bonds. The van der Waals surface area contributed by atoms with Crippen LogP contribution in [0.1, 0.15) is 5.82 Å². The second-order valence-corrected chi connectivity index (χ2v) is 8.62. The number of nitrogens with zero attached hydrogens (tertiary/aromatic N) is 3. The Labute approximate surface area is 179 Å². The molecule has 0 unspecified atom stereocenters. The normalized spacial score (nSPS) is 15.0. The minimum absolute atomic E-state index is 0.189. The van der Waals surface area contributed by atoms with Gasteiger partial charge in [-0.25, -0.2) is 13.8 Å². The van der Waals surface area contributed by atoms with Gasteiger partial charge in [-0.2, -0.15) is 4.98 Å². The lowest BCUT2D eigenvalue weighted by Gasteiger charge is -2.25. The van der Waals surface area contributed by atoms with Gasteiger partial charge in [0.25, 0.3) is 0 Å². The minimum Gasteiger partial charge on any atom is -0.438 e. The molecule has 4 heterocycles. The fourth-order valence-electron chi connectivity index (χ4n) is 3.32. The number of hydrogen-bond acceptors (Lipinski definition) is 7. The quantitative estimate of drug-likeness (QED) is 0.416. The average Bonchev–Trinajstić information content (AvgIpc) is 3.41. The molecular weight excluding hydrogens is 428 g/mol. The van der Waals surface area contributed by atoms with E-state index in [1.165, 1.54) is 17.4 Å². The van der Waals surface area contributed by atoms with Gasteiger partial charge in [0, 0.05) is 35.0 Å². The first kappa shape index (κ1) is 19.5. The van der Waals surface area contributed by atoms with E-state index in [1.807, 2.05) is 22.9 Å². The lowest BCUT2D eigenvalue weighted by molar-refractivity contribution is 0.0330. The topological polar surface area (TPSA) is 47.5 Å². The zero-order chi connectivity index (χ0) is 20.5. The Balaban J connectivity index is 1.58. The molecule has 0 aliphatic carbocycles. The van der Waals surface area contributed by atoms with Gasteiger partial charge in [0.05, 0.1) is 25.1 Å². The highest BCUT2D eigenvalue weighted by molar-refractivity contribution is 7.18. The van der Waals surface area contributed by atoms with Crippen molar-refractivity contribution in [1.82, 2.24) is 14.9 Å². The Morgan fingerprint density at radius 2 is 1.93 bits per heavy atom. The van der Waals surface area contributed by atoms with Crippen LogP contribution in [0.4, 0.5) is 8.78 Å². The molecule has 0 saturated carbocycles. The summed E-state index contributed by atoms with van der Waals surface area (Å²) in [5, 5.41) is 4.81. The average molecular weight is 446 g/mol. The molecule has 1 saturated heterocycles. The number of hydrogen-bond donors (Lipinski definition) is 0. The van der Waals surface area contributed by atoms with Crippen molar-refractivity contribution in [3.05, 3.63) is 58.6 Å². The summed E-state index contributed by atoms with van der Waals surface area (Å²) in [6.45, 7) is 3.56. The number of aromatic nitrogens is 2. The summed E-state index contributed by atoms with van der Waals surface area (Å²) in [5.74, 6) is -0.719. The van der Waals surface area contributed by atoms with Crippen molar-refractivity contribution in [2.75, 3.05) is 26.3 Å². The second-order valence-electron chi connectivity index (χ2n) is 6.82. The van der Waals surface area contributed by atoms with Crippen molar-refractivity contribution < 1.29 is 18.3 Å². The van der Waals surface area contributed by atoms with Crippen LogP contribution < -0.4 is 4.74 Å². The van der Waals surface area contributed by atoms with Crippen LogP contribution in [0.2, 0.25) is 0 Å². The third kappa shape index (κ3) is 3.93. The summed E-state index contributed by atoms with van der Waals surface area (Å²) in [7, 11) is 0. The summed E-state index contributed by atoms with van der Waals surface area (Å²) in [5.41, 5.74) is 0.973. The van der Waals surface area contributed by atoms with Gasteiger partial charge in [0.15, 0.2) is 11.6 Å². The van der Waals surface area contributed by atoms with E-state index in [0.717, 1.165) is 45.9 Å². The lowest BCUT2D eigenvalue weighted by Crippen LogP contribution is -2.36. The molecule has 5 rings (SSSR count). The van der Waals surface area contributed by atoms with Gasteiger partial charge in [-0.1, -0.05) is 6.07 Å². The van der Waals surface area contributed by atoms with Crippen molar-refractivity contribution in [3.8, 4) is 22.1 Å². The third-order valence-corrected chi connectivity index (χ3v) is 6.58. The molecule has 30 heavy (non-hydrogen) atoms. The number of ether oxygens (including phenoxy) is 2. The number of rotatable bonds is 5. The summed E-state index contributed by atoms with van der Waals surface area (Å²) in [4.78, 5) is 13.5. The maximum atomic E-state index is 13.7. The summed E-state index contributed by atoms with van der Waals surface area (Å²) in [6, 6.07) is 7.47. The van der Waals surface area contributed by atoms with Gasteiger partial charge < -0.3 is 9.47 Å². The summed E-state index contributed by atoms with van der Waals surface area (Å²) >= 11 is 3.13. The van der Waals surface area contributed by atoms with E-state index in [9.17, 15) is 8.78 Å². The third-order valence-electron chi connectivity index (χ3n) is 4.81. The fourth-order valence-corrected chi connectivity index (χ4v) is 5.09. The summed E-state index contributed by atoms with van der Waals surface area (Å²) < 4.78 is 38.4. The minimum atomic E-state index is -0.963. The SMILES string of the molecule is Fc1ccc(Oc2nc(CN3CCOCC3)nc3scc(-c4cccs4)c23)cc1F. The van der Waals surface area contributed by atoms with E-state index < -0.39 is 11.6 Å². The van der Waals surface area contributed by atoms with Crippen LogP contribution in [0.25, 0.3) is 20.7 Å². The van der Waals surface area contributed by atoms with E-state index in [4.69, 9.17) is 14.5 Å². The van der Waals surface area contributed by atoms with Crippen molar-refractivity contribution in [2.45, 2.75) is 6.54 Å². The molecule has 1 aliphatic rings. The van der Waals surface area contributed by atoms with E-state index in [-0.39, 0.29) is 5.75 Å². The number of benzene rings is 1. The van der Waals surface area contributed by atoms with Crippen molar-refractivity contribution in [2.24, 2.45) is 0 Å². The van der Waals surface area contributed by atoms with E-state index in [1.54, 1.807) is 11.3 Å². The molecule has 1 fully saturated rings. The highest BCUT2D eigenvalue weighted by Crippen LogP contribution is 2.41. The highest BCUT2D eigenvalue weighted by atomic mass is 32.1. The molecule has 0 spiro atoms. The first-order valence-corrected chi connectivity index (χ1v) is 11.2. The van der Waals surface area contributed by atoms with Crippen LogP contribution in [-0.4, -0.2) is 41.2 Å². The molecule has 5 nitrogen and oxygen atoms in total. The van der Waals surface area contributed by atoms with E-state index in [0.29, 0.717) is 31.5 Å². The molecule has 4 aromatic rings. The summed E-state index contributed by atoms with van der Waals surface area (Å²) in [6.07, 6.45) is 0. The Bertz CT molecular complexity index is 1170. The largest absolute Gasteiger partial charge is 0.438 e. The molecular formula is C21H17F2N3O2S2. The van der Waals surface area contributed by atoms with Crippen LogP contribution in [0.15, 0.2) is 41.1 Å². The standard InChI is InChI=1S/C21H17F2N3O2S2/c22-15-4-3-13(10-16(15)23)28-20-19-14(17-2-1-9-29-17)12-30-21(19)25-18(24-20)11-26-5-7-27-8-6-26/h1-4,9-10,12H,5-8,11H2. The fraction of sp³-hybridized carbons (Fsp3) is 0.238. The van der Waals surface area contributed by atoms with Crippen molar-refractivity contribution in [3.63, 3.8) is 0 Å². The number of thiophene rings is 2. The monoisotopic (exact) mass is 445 g/mol. The van der Waals surface area contributed by atoms with Crippen molar-refractivity contribution >= 4 is 32.9 Å². The predicted molar refractivity (Wildman–Crippen MR) is 113 cm³/mol. The Morgan fingerprint density at radius 1 is 1.07 bits per heavy atom. The lowest BCUT2D eigenvalue weighted by atomic mass is 10.2. The molecule has 0 bridgehead atoms. The van der Waals surface area contributed by atoms with Crippen LogP contribution >= 0.6 is 22.7 Å². The highest BCUT2D eigenvalue weighted by Gasteiger charge is 2.20. The number of morpholine rings is 1. The Kier molecular flexibility index (Phi) is 5.43. The maximum absolute atomic E-state index is 13.7. The van der Waals surface area contributed by atoms with Crippen LogP contribution in [-0.2, 0) is 11.3 Å². The van der Waals surface area contributed by atoms with Gasteiger partial charge in [0.2, 0.25) is 5.88 Å². The number of halogens is 2. The smallest absolute Gasteiger partial charge is 0.232 e. The van der Waals surface area contributed by atoms with Gasteiger partial charge in [-0.15, -0.1) is 22.7 Å². The van der Waals surface area contributed by atoms with Crippen molar-refractivity contribution in [1.29, 1.82) is 0 Å². The first-order chi connectivity index (χ1) is 14.7. The van der Waals surface area contributed by atoms with Crippen LogP contribution in [0, 0.1) is 11.6 Å². The zero-order valence-corrected chi connectivity index (χ0v) is 17.4. The van der Waals surface area contributed by atoms with Gasteiger partial charge in [-0.05, 0) is 23.6 Å². The first-order valence-electron chi connectivity index (χ1n) is 9.42. The molecule has 0 radical (unpaired) electrons. The van der Waals surface area contributed by atoms with Gasteiger partial charge in [-0.3, -0.25) is 4.90 Å². The number of fused-ring (bicyclic) bond motifs is 1. The van der Waals surface area contributed by atoms with Crippen LogP contribution in [0.5, 0.6) is 11.6 Å². The molecule has 3 aromatic heterocycles. The molecule has 1 aromatic carbocycles. The van der Waals surface area contributed by atoms with E-state index >= 15 is 0 Å². The molecule has 9 heteroatoms. The Morgan fingerprint density at radius 3 is 2.70 bits per heavy atom. The molecule has 1 aliphatic heterocycles. The van der Waals surface area contributed by atoms with Gasteiger partial charge in [0.1, 0.15) is 16.4 Å². The van der Waals surface area contributed by atoms with Gasteiger partial charge >= 0.3 is 0 Å².